The predicted octanol–water partition coefficient (Wildman–Crippen LogP) is 2.89. The molecule has 1 unspecified atom stereocenters. The number of rotatable bonds is 2. The number of nitriles is 1. The van der Waals surface area contributed by atoms with Gasteiger partial charge < -0.3 is 14.9 Å². The highest BCUT2D eigenvalue weighted by Crippen LogP contribution is 2.45. The third-order valence-electron chi connectivity index (χ3n) is 3.88. The van der Waals surface area contributed by atoms with E-state index in [4.69, 9.17) is 14.9 Å². The molecule has 0 bridgehead atoms. The Morgan fingerprint density at radius 3 is 2.74 bits per heavy atom. The summed E-state index contributed by atoms with van der Waals surface area (Å²) in [4.78, 5) is 0. The van der Waals surface area contributed by atoms with Gasteiger partial charge in [-0.1, -0.05) is 30.3 Å². The van der Waals surface area contributed by atoms with Crippen molar-refractivity contribution in [3.63, 3.8) is 0 Å². The lowest BCUT2D eigenvalue weighted by atomic mass is 9.84. The Kier molecular flexibility index (Phi) is 2.91. The summed E-state index contributed by atoms with van der Waals surface area (Å²) < 4.78 is 10.7. The van der Waals surface area contributed by atoms with E-state index in [0.29, 0.717) is 11.5 Å². The summed E-state index contributed by atoms with van der Waals surface area (Å²) >= 11 is 0. The Hall–Kier alpha value is -3.46. The maximum absolute atomic E-state index is 9.53. The van der Waals surface area contributed by atoms with Crippen LogP contribution < -0.4 is 10.5 Å². The fourth-order valence-corrected chi connectivity index (χ4v) is 2.84. The molecule has 3 N–H and O–H groups in total. The van der Waals surface area contributed by atoms with E-state index < -0.39 is 0 Å². The number of hydrogen-bond donors (Lipinski definition) is 2. The van der Waals surface area contributed by atoms with Crippen LogP contribution in [0.25, 0.3) is 11.3 Å². The third kappa shape index (κ3) is 1.99. The van der Waals surface area contributed by atoms with Crippen LogP contribution >= 0.6 is 0 Å². The average molecular weight is 304 g/mol. The number of H-pyrrole nitrogens is 1. The molecule has 112 valence electrons. The number of aromatic nitrogens is 2. The van der Waals surface area contributed by atoms with Crippen molar-refractivity contribution in [2.24, 2.45) is 5.73 Å². The van der Waals surface area contributed by atoms with E-state index in [1.807, 2.05) is 36.4 Å². The number of hydrogen-bond acceptors (Lipinski definition) is 5. The van der Waals surface area contributed by atoms with E-state index in [0.717, 1.165) is 22.4 Å². The summed E-state index contributed by atoms with van der Waals surface area (Å²) in [6.45, 7) is 0. The highest BCUT2D eigenvalue weighted by atomic mass is 16.5. The fraction of sp³-hybridized carbons (Fsp3) is 0.0588. The molecule has 0 aliphatic carbocycles. The first-order chi connectivity index (χ1) is 11.3. The van der Waals surface area contributed by atoms with Crippen LogP contribution in [0, 0.1) is 11.3 Å². The summed E-state index contributed by atoms with van der Waals surface area (Å²) in [5, 5.41) is 16.7. The quantitative estimate of drug-likeness (QED) is 0.758. The molecular formula is C17H12N4O2. The molecule has 3 heterocycles. The molecule has 3 aromatic rings. The molecule has 0 fully saturated rings. The van der Waals surface area contributed by atoms with Gasteiger partial charge in [-0.25, -0.2) is 0 Å². The number of nitrogens with two attached hydrogens (primary N) is 1. The molecule has 1 aliphatic rings. The van der Waals surface area contributed by atoms with Gasteiger partial charge in [-0.15, -0.1) is 5.10 Å². The molecule has 0 saturated carbocycles. The molecule has 0 radical (unpaired) electrons. The second-order valence-corrected chi connectivity index (χ2v) is 5.16. The van der Waals surface area contributed by atoms with Crippen LogP contribution in [-0.2, 0) is 0 Å². The standard InChI is InChI=1S/C17H12N4O2/c18-8-12-13(11-6-7-22-9-11)14-15(10-4-2-1-3-5-10)20-21-17(14)23-16(12)19/h1-7,9,13H,19H2,(H,20,21). The Bertz CT molecular complexity index is 917. The monoisotopic (exact) mass is 304 g/mol. The van der Waals surface area contributed by atoms with Gasteiger partial charge in [0.1, 0.15) is 11.6 Å². The minimum Gasteiger partial charge on any atom is -0.472 e. The topological polar surface area (TPSA) is 101 Å². The first-order valence-corrected chi connectivity index (χ1v) is 7.03. The number of fused-ring (bicyclic) bond motifs is 1. The number of nitrogens with zero attached hydrogens (tertiary/aromatic N) is 2. The SMILES string of the molecule is N#CC1=C(N)Oc2n[nH]c(-c3ccccc3)c2C1c1ccoc1. The molecule has 1 aromatic carbocycles. The molecule has 1 aliphatic heterocycles. The van der Waals surface area contributed by atoms with Crippen molar-refractivity contribution in [2.45, 2.75) is 5.92 Å². The number of benzene rings is 1. The Labute approximate surface area is 131 Å². The second-order valence-electron chi connectivity index (χ2n) is 5.16. The van der Waals surface area contributed by atoms with E-state index in [-0.39, 0.29) is 11.8 Å². The smallest absolute Gasteiger partial charge is 0.244 e. The van der Waals surface area contributed by atoms with Gasteiger partial charge >= 0.3 is 0 Å². The summed E-state index contributed by atoms with van der Waals surface area (Å²) in [5.41, 5.74) is 9.60. The largest absolute Gasteiger partial charge is 0.472 e. The molecular weight excluding hydrogens is 292 g/mol. The maximum atomic E-state index is 9.53. The van der Waals surface area contributed by atoms with Gasteiger partial charge in [0.15, 0.2) is 0 Å². The lowest BCUT2D eigenvalue weighted by molar-refractivity contribution is 0.378. The number of aromatic amines is 1. The summed E-state index contributed by atoms with van der Waals surface area (Å²) in [7, 11) is 0. The molecule has 1 atom stereocenters. The number of nitrogens with one attached hydrogen (secondary N) is 1. The summed E-state index contributed by atoms with van der Waals surface area (Å²) in [6, 6.07) is 13.7. The van der Waals surface area contributed by atoms with Crippen LogP contribution in [0.1, 0.15) is 17.0 Å². The van der Waals surface area contributed by atoms with Gasteiger partial charge in [0.25, 0.3) is 0 Å². The van der Waals surface area contributed by atoms with Gasteiger partial charge in [0, 0.05) is 5.56 Å². The zero-order chi connectivity index (χ0) is 15.8. The van der Waals surface area contributed by atoms with E-state index in [2.05, 4.69) is 16.3 Å². The average Bonchev–Trinajstić information content (AvgIpc) is 3.24. The van der Waals surface area contributed by atoms with Crippen molar-refractivity contribution < 1.29 is 9.15 Å². The summed E-state index contributed by atoms with van der Waals surface area (Å²) in [5.74, 6) is 0.0697. The van der Waals surface area contributed by atoms with Crippen LogP contribution in [0.15, 0.2) is 64.8 Å². The highest BCUT2D eigenvalue weighted by Gasteiger charge is 2.35. The minimum atomic E-state index is -0.378. The van der Waals surface area contributed by atoms with Crippen LogP contribution in [0.3, 0.4) is 0 Å². The minimum absolute atomic E-state index is 0.0670. The zero-order valence-corrected chi connectivity index (χ0v) is 12.0. The van der Waals surface area contributed by atoms with E-state index >= 15 is 0 Å². The van der Waals surface area contributed by atoms with E-state index in [1.54, 1.807) is 12.5 Å². The molecule has 23 heavy (non-hydrogen) atoms. The maximum Gasteiger partial charge on any atom is 0.244 e. The number of furan rings is 1. The van der Waals surface area contributed by atoms with Crippen molar-refractivity contribution in [1.29, 1.82) is 5.26 Å². The molecule has 4 rings (SSSR count). The number of ether oxygens (including phenoxy) is 1. The van der Waals surface area contributed by atoms with Crippen molar-refractivity contribution in [3.8, 4) is 23.2 Å². The van der Waals surface area contributed by atoms with Crippen molar-refractivity contribution >= 4 is 0 Å². The van der Waals surface area contributed by atoms with Crippen molar-refractivity contribution in [1.82, 2.24) is 10.2 Å². The van der Waals surface area contributed by atoms with Crippen LogP contribution in [0.4, 0.5) is 0 Å². The van der Waals surface area contributed by atoms with Crippen LogP contribution in [0.5, 0.6) is 5.88 Å². The molecule has 0 amide bonds. The van der Waals surface area contributed by atoms with Crippen molar-refractivity contribution in [3.05, 3.63) is 71.5 Å². The lowest BCUT2D eigenvalue weighted by Crippen LogP contribution is -2.20. The predicted molar refractivity (Wildman–Crippen MR) is 82.0 cm³/mol. The molecule has 2 aromatic heterocycles. The molecule has 0 saturated heterocycles. The highest BCUT2D eigenvalue weighted by molar-refractivity contribution is 5.70. The molecule has 6 nitrogen and oxygen atoms in total. The normalized spacial score (nSPS) is 16.6. The van der Waals surface area contributed by atoms with Gasteiger partial charge in [0.05, 0.1) is 29.7 Å². The molecule has 0 spiro atoms. The van der Waals surface area contributed by atoms with E-state index in [1.165, 1.54) is 0 Å². The van der Waals surface area contributed by atoms with Gasteiger partial charge in [0.2, 0.25) is 11.8 Å². The Balaban J connectivity index is 1.96. The van der Waals surface area contributed by atoms with Gasteiger partial charge in [-0.3, -0.25) is 5.10 Å². The molecule has 6 heteroatoms. The van der Waals surface area contributed by atoms with E-state index in [9.17, 15) is 5.26 Å². The second kappa shape index (κ2) is 5.07. The van der Waals surface area contributed by atoms with Crippen molar-refractivity contribution in [2.75, 3.05) is 0 Å². The first-order valence-electron chi connectivity index (χ1n) is 7.03. The third-order valence-corrected chi connectivity index (χ3v) is 3.88. The number of allylic oxidation sites excluding steroid dienone is 1. The van der Waals surface area contributed by atoms with Gasteiger partial charge in [-0.05, 0) is 11.6 Å². The zero-order valence-electron chi connectivity index (χ0n) is 12.0. The Morgan fingerprint density at radius 2 is 2.04 bits per heavy atom. The van der Waals surface area contributed by atoms with Crippen LogP contribution in [0.2, 0.25) is 0 Å². The Morgan fingerprint density at radius 1 is 1.22 bits per heavy atom. The summed E-state index contributed by atoms with van der Waals surface area (Å²) in [6.07, 6.45) is 3.17. The van der Waals surface area contributed by atoms with Gasteiger partial charge in [-0.2, -0.15) is 5.26 Å². The first kappa shape index (κ1) is 13.2. The lowest BCUT2D eigenvalue weighted by Gasteiger charge is -2.22. The van der Waals surface area contributed by atoms with Crippen LogP contribution in [-0.4, -0.2) is 10.2 Å². The fourth-order valence-electron chi connectivity index (χ4n) is 2.84.